The first kappa shape index (κ1) is 21.9. The van der Waals surface area contributed by atoms with E-state index in [4.69, 9.17) is 4.74 Å². The number of anilines is 1. The molecule has 1 amide bonds. The number of aryl methyl sites for hydroxylation is 1. The van der Waals surface area contributed by atoms with Crippen molar-refractivity contribution >= 4 is 11.6 Å². The van der Waals surface area contributed by atoms with Crippen molar-refractivity contribution in [2.24, 2.45) is 7.05 Å². The fraction of sp³-hybridized carbons (Fsp3) is 0.0769. The number of ether oxygens (including phenoxy) is 1. The molecule has 1 N–H and O–H groups in total. The van der Waals surface area contributed by atoms with Crippen molar-refractivity contribution in [1.82, 2.24) is 29.7 Å². The van der Waals surface area contributed by atoms with Crippen LogP contribution in [0.2, 0.25) is 0 Å². The van der Waals surface area contributed by atoms with Crippen LogP contribution in [0.15, 0.2) is 91.6 Å². The van der Waals surface area contributed by atoms with Crippen LogP contribution in [0, 0.1) is 0 Å². The van der Waals surface area contributed by atoms with Crippen molar-refractivity contribution in [3.8, 4) is 28.5 Å². The summed E-state index contributed by atoms with van der Waals surface area (Å²) in [5.41, 5.74) is 4.34. The maximum atomic E-state index is 13.0. The van der Waals surface area contributed by atoms with Crippen molar-refractivity contribution in [3.05, 3.63) is 103 Å². The predicted octanol–water partition coefficient (Wildman–Crippen LogP) is 4.17. The topological polar surface area (TPSA) is 108 Å². The quantitative estimate of drug-likeness (QED) is 0.386. The number of hydrogen-bond donors (Lipinski definition) is 1. The fourth-order valence-electron chi connectivity index (χ4n) is 3.48. The first-order valence-corrected chi connectivity index (χ1v) is 10.9. The molecule has 35 heavy (non-hydrogen) atoms. The Kier molecular flexibility index (Phi) is 6.21. The Morgan fingerprint density at radius 3 is 2.69 bits per heavy atom. The number of nitrogens with zero attached hydrogens (tertiary/aromatic N) is 6. The van der Waals surface area contributed by atoms with Gasteiger partial charge in [0.2, 0.25) is 5.88 Å². The second kappa shape index (κ2) is 9.92. The molecule has 0 saturated carbocycles. The number of nitrogens with one attached hydrogen (secondary N) is 1. The van der Waals surface area contributed by atoms with Gasteiger partial charge in [-0.05, 0) is 23.8 Å². The van der Waals surface area contributed by atoms with Gasteiger partial charge in [-0.15, -0.1) is 0 Å². The summed E-state index contributed by atoms with van der Waals surface area (Å²) < 4.78 is 7.44. The van der Waals surface area contributed by atoms with E-state index in [1.165, 1.54) is 0 Å². The second-order valence-electron chi connectivity index (χ2n) is 7.67. The van der Waals surface area contributed by atoms with Gasteiger partial charge in [0.1, 0.15) is 23.7 Å². The minimum Gasteiger partial charge on any atom is -0.473 e. The van der Waals surface area contributed by atoms with E-state index in [2.05, 4.69) is 30.4 Å². The molecule has 0 atom stereocenters. The van der Waals surface area contributed by atoms with Crippen LogP contribution in [0.3, 0.4) is 0 Å². The van der Waals surface area contributed by atoms with E-state index in [1.54, 1.807) is 60.9 Å². The highest BCUT2D eigenvalue weighted by Crippen LogP contribution is 2.25. The summed E-state index contributed by atoms with van der Waals surface area (Å²) in [6.45, 7) is 0.409. The van der Waals surface area contributed by atoms with Gasteiger partial charge in [-0.3, -0.25) is 19.4 Å². The molecule has 5 aromatic rings. The molecule has 5 rings (SSSR count). The van der Waals surface area contributed by atoms with Gasteiger partial charge >= 0.3 is 0 Å². The lowest BCUT2D eigenvalue weighted by atomic mass is 10.1. The maximum Gasteiger partial charge on any atom is 0.274 e. The predicted molar refractivity (Wildman–Crippen MR) is 130 cm³/mol. The van der Waals surface area contributed by atoms with Crippen LogP contribution in [0.5, 0.6) is 5.88 Å². The summed E-state index contributed by atoms with van der Waals surface area (Å²) in [4.78, 5) is 30.2. The molecule has 0 spiro atoms. The van der Waals surface area contributed by atoms with E-state index < -0.39 is 0 Å². The summed E-state index contributed by atoms with van der Waals surface area (Å²) in [7, 11) is 1.77. The fourth-order valence-corrected chi connectivity index (χ4v) is 3.48. The molecule has 4 heterocycles. The highest BCUT2D eigenvalue weighted by atomic mass is 16.5. The van der Waals surface area contributed by atoms with E-state index in [9.17, 15) is 4.79 Å². The number of carbonyl (C=O) groups is 1. The molecule has 0 bridgehead atoms. The van der Waals surface area contributed by atoms with Crippen molar-refractivity contribution in [1.29, 1.82) is 0 Å². The van der Waals surface area contributed by atoms with Gasteiger partial charge < -0.3 is 10.1 Å². The molecule has 0 unspecified atom stereocenters. The normalized spacial score (nSPS) is 10.7. The standard InChI is InChI=1S/C26H21N7O2/c1-33-16-23(25(32-33)22-15-27-12-13-28-22)31-26(34)21-9-5-8-20(30-21)19-10-11-29-24(14-19)35-17-18-6-3-2-4-7-18/h2-16H,17H2,1H3,(H,31,34). The summed E-state index contributed by atoms with van der Waals surface area (Å²) in [5, 5.41) is 7.29. The molecule has 9 heteroatoms. The number of amides is 1. The molecule has 0 aliphatic carbocycles. The summed E-state index contributed by atoms with van der Waals surface area (Å²) >= 11 is 0. The molecule has 0 aliphatic rings. The molecule has 0 fully saturated rings. The lowest BCUT2D eigenvalue weighted by molar-refractivity contribution is 0.102. The van der Waals surface area contributed by atoms with Gasteiger partial charge in [0.15, 0.2) is 0 Å². The Morgan fingerprint density at radius 1 is 0.971 bits per heavy atom. The van der Waals surface area contributed by atoms with Crippen molar-refractivity contribution in [3.63, 3.8) is 0 Å². The van der Waals surface area contributed by atoms with Gasteiger partial charge in [-0.2, -0.15) is 5.10 Å². The van der Waals surface area contributed by atoms with Gasteiger partial charge in [0.25, 0.3) is 5.91 Å². The minimum atomic E-state index is -0.361. The molecule has 4 aromatic heterocycles. The number of benzene rings is 1. The lowest BCUT2D eigenvalue weighted by Crippen LogP contribution is -2.14. The maximum absolute atomic E-state index is 13.0. The van der Waals surface area contributed by atoms with Crippen LogP contribution >= 0.6 is 0 Å². The molecule has 0 aliphatic heterocycles. The van der Waals surface area contributed by atoms with E-state index >= 15 is 0 Å². The van der Waals surface area contributed by atoms with Crippen molar-refractivity contribution in [2.75, 3.05) is 5.32 Å². The van der Waals surface area contributed by atoms with Crippen LogP contribution in [-0.2, 0) is 13.7 Å². The number of hydrogen-bond acceptors (Lipinski definition) is 7. The zero-order chi connectivity index (χ0) is 24.0. The van der Waals surface area contributed by atoms with E-state index in [-0.39, 0.29) is 11.6 Å². The summed E-state index contributed by atoms with van der Waals surface area (Å²) in [5.74, 6) is 0.117. The molecule has 9 nitrogen and oxygen atoms in total. The smallest absolute Gasteiger partial charge is 0.274 e. The van der Waals surface area contributed by atoms with Crippen molar-refractivity contribution in [2.45, 2.75) is 6.61 Å². The second-order valence-corrected chi connectivity index (χ2v) is 7.67. The largest absolute Gasteiger partial charge is 0.473 e. The third-order valence-electron chi connectivity index (χ3n) is 5.12. The molecular weight excluding hydrogens is 442 g/mol. The van der Waals surface area contributed by atoms with Gasteiger partial charge in [-0.25, -0.2) is 9.97 Å². The Hall–Kier alpha value is -4.92. The number of carbonyl (C=O) groups excluding carboxylic acids is 1. The highest BCUT2D eigenvalue weighted by molar-refractivity contribution is 6.04. The third-order valence-corrected chi connectivity index (χ3v) is 5.12. The molecule has 0 saturated heterocycles. The highest BCUT2D eigenvalue weighted by Gasteiger charge is 2.16. The zero-order valence-corrected chi connectivity index (χ0v) is 18.9. The van der Waals surface area contributed by atoms with E-state index in [0.717, 1.165) is 11.1 Å². The Balaban J connectivity index is 1.34. The van der Waals surface area contributed by atoms with E-state index in [1.807, 2.05) is 42.5 Å². The number of pyridine rings is 2. The molecular formula is C26H21N7O2. The average Bonchev–Trinajstić information content (AvgIpc) is 3.28. The van der Waals surface area contributed by atoms with E-state index in [0.29, 0.717) is 35.3 Å². The summed E-state index contributed by atoms with van der Waals surface area (Å²) in [6, 6.07) is 18.8. The first-order chi connectivity index (χ1) is 17.2. The molecule has 172 valence electrons. The molecule has 0 radical (unpaired) electrons. The van der Waals surface area contributed by atoms with Crippen molar-refractivity contribution < 1.29 is 9.53 Å². The van der Waals surface area contributed by atoms with Gasteiger partial charge in [0.05, 0.1) is 17.6 Å². The Labute approximate surface area is 201 Å². The van der Waals surface area contributed by atoms with Crippen LogP contribution < -0.4 is 10.1 Å². The third kappa shape index (κ3) is 5.19. The lowest BCUT2D eigenvalue weighted by Gasteiger charge is -2.08. The Morgan fingerprint density at radius 2 is 1.86 bits per heavy atom. The van der Waals surface area contributed by atoms with Crippen LogP contribution in [0.25, 0.3) is 22.6 Å². The van der Waals surface area contributed by atoms with Gasteiger partial charge in [-0.1, -0.05) is 36.4 Å². The van der Waals surface area contributed by atoms with Crippen LogP contribution in [0.1, 0.15) is 16.1 Å². The Bertz CT molecular complexity index is 1450. The minimum absolute atomic E-state index is 0.264. The SMILES string of the molecule is Cn1cc(NC(=O)c2cccc(-c3ccnc(OCc4ccccc4)c3)n2)c(-c2cnccn2)n1. The summed E-state index contributed by atoms with van der Waals surface area (Å²) in [6.07, 6.45) is 8.13. The van der Waals surface area contributed by atoms with Crippen LogP contribution in [0.4, 0.5) is 5.69 Å². The monoisotopic (exact) mass is 463 g/mol. The molecule has 1 aromatic carbocycles. The average molecular weight is 464 g/mol. The van der Waals surface area contributed by atoms with Gasteiger partial charge in [0, 0.05) is 43.5 Å². The zero-order valence-electron chi connectivity index (χ0n) is 18.9. The van der Waals surface area contributed by atoms with Crippen LogP contribution in [-0.4, -0.2) is 35.6 Å². The number of aromatic nitrogens is 6. The first-order valence-electron chi connectivity index (χ1n) is 10.9. The number of rotatable bonds is 7.